The first-order valence-corrected chi connectivity index (χ1v) is 7.96. The summed E-state index contributed by atoms with van der Waals surface area (Å²) in [6.45, 7) is 4.87. The van der Waals surface area contributed by atoms with Gasteiger partial charge in [0.15, 0.2) is 0 Å². The van der Waals surface area contributed by atoms with Gasteiger partial charge < -0.3 is 15.0 Å². The zero-order chi connectivity index (χ0) is 13.8. The number of hydrogen-bond donors (Lipinski definition) is 1. The fourth-order valence-corrected chi connectivity index (χ4v) is 2.90. The Morgan fingerprint density at radius 2 is 2.20 bits per heavy atom. The van der Waals surface area contributed by atoms with E-state index in [1.807, 2.05) is 19.1 Å². The molecule has 4 nitrogen and oxygen atoms in total. The van der Waals surface area contributed by atoms with Crippen LogP contribution in [-0.4, -0.2) is 36.8 Å². The number of pyridine rings is 1. The van der Waals surface area contributed by atoms with Crippen molar-refractivity contribution in [2.45, 2.75) is 51.1 Å². The third kappa shape index (κ3) is 3.42. The van der Waals surface area contributed by atoms with Crippen molar-refractivity contribution in [3.8, 4) is 5.88 Å². The lowest BCUT2D eigenvalue weighted by atomic mass is 10.0. The van der Waals surface area contributed by atoms with Gasteiger partial charge in [0.05, 0.1) is 6.61 Å². The SMILES string of the molecule is CCOc1cccc(N2CCCCC2CNC2CC2)n1. The third-order valence-corrected chi connectivity index (χ3v) is 4.14. The molecule has 4 heteroatoms. The van der Waals surface area contributed by atoms with E-state index in [1.54, 1.807) is 0 Å². The predicted molar refractivity (Wildman–Crippen MR) is 81.4 cm³/mol. The quantitative estimate of drug-likeness (QED) is 0.866. The molecule has 1 atom stereocenters. The third-order valence-electron chi connectivity index (χ3n) is 4.14. The normalized spacial score (nSPS) is 22.9. The zero-order valence-corrected chi connectivity index (χ0v) is 12.3. The molecule has 2 aliphatic rings. The lowest BCUT2D eigenvalue weighted by Gasteiger charge is -2.37. The predicted octanol–water partition coefficient (Wildman–Crippen LogP) is 2.59. The van der Waals surface area contributed by atoms with Crippen LogP contribution < -0.4 is 15.0 Å². The summed E-state index contributed by atoms with van der Waals surface area (Å²) < 4.78 is 5.53. The molecule has 1 saturated carbocycles. The van der Waals surface area contributed by atoms with Crippen molar-refractivity contribution in [1.29, 1.82) is 0 Å². The molecule has 110 valence electrons. The Hall–Kier alpha value is -1.29. The molecule has 1 aliphatic heterocycles. The molecule has 0 bridgehead atoms. The van der Waals surface area contributed by atoms with Crippen LogP contribution in [-0.2, 0) is 0 Å². The van der Waals surface area contributed by atoms with Gasteiger partial charge in [-0.15, -0.1) is 0 Å². The molecule has 1 aromatic rings. The molecular weight excluding hydrogens is 250 g/mol. The first-order chi connectivity index (χ1) is 9.86. The van der Waals surface area contributed by atoms with Crippen LogP contribution in [0.5, 0.6) is 5.88 Å². The van der Waals surface area contributed by atoms with E-state index < -0.39 is 0 Å². The molecule has 0 aromatic carbocycles. The number of rotatable bonds is 6. The van der Waals surface area contributed by atoms with Crippen molar-refractivity contribution < 1.29 is 4.74 Å². The van der Waals surface area contributed by atoms with E-state index >= 15 is 0 Å². The van der Waals surface area contributed by atoms with Crippen LogP contribution >= 0.6 is 0 Å². The number of nitrogens with one attached hydrogen (secondary N) is 1. The van der Waals surface area contributed by atoms with Crippen molar-refractivity contribution in [1.82, 2.24) is 10.3 Å². The van der Waals surface area contributed by atoms with E-state index in [1.165, 1.54) is 32.1 Å². The van der Waals surface area contributed by atoms with Crippen molar-refractivity contribution >= 4 is 5.82 Å². The summed E-state index contributed by atoms with van der Waals surface area (Å²) in [6.07, 6.45) is 6.56. The van der Waals surface area contributed by atoms with Gasteiger partial charge in [-0.1, -0.05) is 6.07 Å². The lowest BCUT2D eigenvalue weighted by Crippen LogP contribution is -2.46. The van der Waals surface area contributed by atoms with Gasteiger partial charge in [0, 0.05) is 31.2 Å². The van der Waals surface area contributed by atoms with E-state index in [0.717, 1.165) is 30.8 Å². The molecule has 0 amide bonds. The second-order valence-corrected chi connectivity index (χ2v) is 5.79. The summed E-state index contributed by atoms with van der Waals surface area (Å²) >= 11 is 0. The molecule has 0 spiro atoms. The highest BCUT2D eigenvalue weighted by molar-refractivity contribution is 5.42. The smallest absolute Gasteiger partial charge is 0.215 e. The fraction of sp³-hybridized carbons (Fsp3) is 0.688. The van der Waals surface area contributed by atoms with Crippen molar-refractivity contribution in [2.75, 3.05) is 24.6 Å². The maximum atomic E-state index is 5.53. The van der Waals surface area contributed by atoms with E-state index in [9.17, 15) is 0 Å². The highest BCUT2D eigenvalue weighted by atomic mass is 16.5. The summed E-state index contributed by atoms with van der Waals surface area (Å²) in [5.74, 6) is 1.81. The summed E-state index contributed by atoms with van der Waals surface area (Å²) in [4.78, 5) is 7.11. The van der Waals surface area contributed by atoms with Crippen LogP contribution in [0.3, 0.4) is 0 Å². The van der Waals surface area contributed by atoms with Gasteiger partial charge in [0.25, 0.3) is 0 Å². The monoisotopic (exact) mass is 275 g/mol. The minimum atomic E-state index is 0.578. The topological polar surface area (TPSA) is 37.4 Å². The zero-order valence-electron chi connectivity index (χ0n) is 12.3. The Labute approximate surface area is 121 Å². The van der Waals surface area contributed by atoms with E-state index in [0.29, 0.717) is 12.6 Å². The largest absolute Gasteiger partial charge is 0.478 e. The molecule has 1 N–H and O–H groups in total. The lowest BCUT2D eigenvalue weighted by molar-refractivity contribution is 0.326. The van der Waals surface area contributed by atoms with Crippen molar-refractivity contribution in [3.63, 3.8) is 0 Å². The maximum absolute atomic E-state index is 5.53. The Morgan fingerprint density at radius 3 is 3.00 bits per heavy atom. The first-order valence-electron chi connectivity index (χ1n) is 7.96. The molecule has 3 rings (SSSR count). The molecule has 0 radical (unpaired) electrons. The average molecular weight is 275 g/mol. The average Bonchev–Trinajstić information content (AvgIpc) is 3.30. The highest BCUT2D eigenvalue weighted by Crippen LogP contribution is 2.26. The second kappa shape index (κ2) is 6.44. The van der Waals surface area contributed by atoms with Gasteiger partial charge in [0.2, 0.25) is 5.88 Å². The molecule has 2 fully saturated rings. The number of hydrogen-bond acceptors (Lipinski definition) is 4. The fourth-order valence-electron chi connectivity index (χ4n) is 2.90. The first kappa shape index (κ1) is 13.7. The molecule has 1 aliphatic carbocycles. The Balaban J connectivity index is 1.68. The van der Waals surface area contributed by atoms with Crippen LogP contribution in [0.25, 0.3) is 0 Å². The van der Waals surface area contributed by atoms with Gasteiger partial charge in [-0.3, -0.25) is 0 Å². The highest BCUT2D eigenvalue weighted by Gasteiger charge is 2.27. The van der Waals surface area contributed by atoms with Crippen LogP contribution in [0.4, 0.5) is 5.82 Å². The number of aromatic nitrogens is 1. The Kier molecular flexibility index (Phi) is 4.41. The Bertz CT molecular complexity index is 433. The van der Waals surface area contributed by atoms with Crippen LogP contribution in [0.1, 0.15) is 39.0 Å². The second-order valence-electron chi connectivity index (χ2n) is 5.79. The number of piperidine rings is 1. The maximum Gasteiger partial charge on any atom is 0.215 e. The molecule has 1 unspecified atom stereocenters. The van der Waals surface area contributed by atoms with E-state index in [-0.39, 0.29) is 0 Å². The van der Waals surface area contributed by atoms with E-state index in [4.69, 9.17) is 4.74 Å². The van der Waals surface area contributed by atoms with E-state index in [2.05, 4.69) is 21.3 Å². The number of nitrogens with zero attached hydrogens (tertiary/aromatic N) is 2. The van der Waals surface area contributed by atoms with Crippen LogP contribution in [0.15, 0.2) is 18.2 Å². The molecule has 1 saturated heterocycles. The summed E-state index contributed by atoms with van der Waals surface area (Å²) in [5.41, 5.74) is 0. The van der Waals surface area contributed by atoms with Crippen LogP contribution in [0, 0.1) is 0 Å². The van der Waals surface area contributed by atoms with Crippen LogP contribution in [0.2, 0.25) is 0 Å². The molecule has 1 aromatic heterocycles. The molecule has 20 heavy (non-hydrogen) atoms. The number of ether oxygens (including phenoxy) is 1. The minimum Gasteiger partial charge on any atom is -0.478 e. The molecular formula is C16H25N3O. The standard InChI is InChI=1S/C16H25N3O/c1-2-20-16-8-5-7-15(18-16)19-11-4-3-6-14(19)12-17-13-9-10-13/h5,7-8,13-14,17H,2-4,6,9-12H2,1H3. The van der Waals surface area contributed by atoms with Gasteiger partial charge >= 0.3 is 0 Å². The van der Waals surface area contributed by atoms with Gasteiger partial charge in [-0.25, -0.2) is 0 Å². The number of anilines is 1. The van der Waals surface area contributed by atoms with Gasteiger partial charge in [-0.2, -0.15) is 4.98 Å². The summed E-state index contributed by atoms with van der Waals surface area (Å²) in [7, 11) is 0. The summed E-state index contributed by atoms with van der Waals surface area (Å²) in [6, 6.07) is 7.45. The summed E-state index contributed by atoms with van der Waals surface area (Å²) in [5, 5.41) is 3.67. The van der Waals surface area contributed by atoms with Gasteiger partial charge in [0.1, 0.15) is 5.82 Å². The van der Waals surface area contributed by atoms with Crippen molar-refractivity contribution in [3.05, 3.63) is 18.2 Å². The van der Waals surface area contributed by atoms with Crippen molar-refractivity contribution in [2.24, 2.45) is 0 Å². The van der Waals surface area contributed by atoms with Gasteiger partial charge in [-0.05, 0) is 45.1 Å². The minimum absolute atomic E-state index is 0.578. The Morgan fingerprint density at radius 1 is 1.30 bits per heavy atom. The molecule has 2 heterocycles.